The number of thiol groups is 2. The van der Waals surface area contributed by atoms with Crippen LogP contribution in [-0.4, -0.2) is 16.9 Å². The van der Waals surface area contributed by atoms with Crippen LogP contribution < -0.4 is 11.3 Å². The van der Waals surface area contributed by atoms with E-state index in [0.717, 1.165) is 0 Å². The second-order valence-corrected chi connectivity index (χ2v) is 2.05. The van der Waals surface area contributed by atoms with E-state index in [1.165, 1.54) is 0 Å². The van der Waals surface area contributed by atoms with E-state index >= 15 is 0 Å². The third-order valence-corrected chi connectivity index (χ3v) is 1.36. The number of hydrazine groups is 1. The Hall–Kier alpha value is 0.290. The number of hydrogen-bond acceptors (Lipinski definition) is 4. The molecule has 48 valence electrons. The van der Waals surface area contributed by atoms with E-state index in [1.807, 2.05) is 0 Å². The first-order valence-electron chi connectivity index (χ1n) is 2.02. The lowest BCUT2D eigenvalue weighted by Crippen LogP contribution is -2.40. The van der Waals surface area contributed by atoms with E-state index in [-0.39, 0.29) is 5.12 Å². The molecule has 0 rings (SSSR count). The molecule has 0 heterocycles. The zero-order chi connectivity index (χ0) is 6.57. The van der Waals surface area contributed by atoms with Gasteiger partial charge in [-0.05, 0) is 0 Å². The van der Waals surface area contributed by atoms with Crippen LogP contribution in [0.15, 0.2) is 0 Å². The smallest absolute Gasteiger partial charge is 0.204 e. The van der Waals surface area contributed by atoms with Crippen LogP contribution in [0.5, 0.6) is 0 Å². The van der Waals surface area contributed by atoms with E-state index in [9.17, 15) is 4.79 Å². The van der Waals surface area contributed by atoms with Crippen molar-refractivity contribution in [3.8, 4) is 0 Å². The molecule has 0 radical (unpaired) electrons. The van der Waals surface area contributed by atoms with Crippen LogP contribution in [0.2, 0.25) is 0 Å². The molecule has 3 nitrogen and oxygen atoms in total. The molecule has 5 heteroatoms. The molecule has 0 unspecified atom stereocenters. The quantitative estimate of drug-likeness (QED) is 0.243. The van der Waals surface area contributed by atoms with Crippen LogP contribution in [0.1, 0.15) is 0 Å². The summed E-state index contributed by atoms with van der Waals surface area (Å²) in [6.45, 7) is 0. The maximum Gasteiger partial charge on any atom is 0.204 e. The monoisotopic (exact) mass is 152 g/mol. The Labute approximate surface area is 58.8 Å². The minimum atomic E-state index is -0.429. The second-order valence-electron chi connectivity index (χ2n) is 1.24. The lowest BCUT2D eigenvalue weighted by Gasteiger charge is -2.05. The van der Waals surface area contributed by atoms with Crippen LogP contribution in [0.4, 0.5) is 0 Å². The molecule has 0 aliphatic heterocycles. The van der Waals surface area contributed by atoms with Crippen molar-refractivity contribution in [2.45, 2.75) is 6.04 Å². The van der Waals surface area contributed by atoms with Crippen molar-refractivity contribution in [3.63, 3.8) is 0 Å². The fourth-order valence-electron chi connectivity index (χ4n) is 0.202. The molecule has 0 aromatic heterocycles. The zero-order valence-corrected chi connectivity index (χ0v) is 5.95. The van der Waals surface area contributed by atoms with Gasteiger partial charge in [-0.3, -0.25) is 10.6 Å². The summed E-state index contributed by atoms with van der Waals surface area (Å²) in [6.07, 6.45) is 0. The molecule has 0 spiro atoms. The largest absolute Gasteiger partial charge is 0.286 e. The standard InChI is InChI=1S/C3H8N2OS2/c4-5-2(1-7)3(6)8/h2,5,7H,1,4H2,(H,6,8)/t2-/m0/s1. The molecule has 0 fully saturated rings. The van der Waals surface area contributed by atoms with Crippen molar-refractivity contribution < 1.29 is 4.79 Å². The molecular formula is C3H8N2OS2. The van der Waals surface area contributed by atoms with Gasteiger partial charge in [0.25, 0.3) is 0 Å². The Balaban J connectivity index is 3.52. The normalized spacial score (nSPS) is 13.4. The Morgan fingerprint density at radius 1 is 1.88 bits per heavy atom. The number of rotatable bonds is 3. The van der Waals surface area contributed by atoms with Gasteiger partial charge in [0.1, 0.15) is 0 Å². The lowest BCUT2D eigenvalue weighted by molar-refractivity contribution is -0.112. The van der Waals surface area contributed by atoms with Gasteiger partial charge in [-0.2, -0.15) is 12.6 Å². The first-order chi connectivity index (χ1) is 3.72. The summed E-state index contributed by atoms with van der Waals surface area (Å²) in [5, 5.41) is -0.289. The summed E-state index contributed by atoms with van der Waals surface area (Å²) >= 11 is 7.35. The predicted molar refractivity (Wildman–Crippen MR) is 39.0 cm³/mol. The van der Waals surface area contributed by atoms with Gasteiger partial charge in [0.15, 0.2) is 0 Å². The van der Waals surface area contributed by atoms with Crippen molar-refractivity contribution >= 4 is 30.4 Å². The molecule has 0 saturated heterocycles. The molecule has 0 bridgehead atoms. The third-order valence-electron chi connectivity index (χ3n) is 0.682. The second kappa shape index (κ2) is 4.20. The predicted octanol–water partition coefficient (Wildman–Crippen LogP) is -0.796. The highest BCUT2D eigenvalue weighted by atomic mass is 32.1. The van der Waals surface area contributed by atoms with E-state index in [2.05, 4.69) is 30.7 Å². The molecule has 0 aliphatic rings. The first kappa shape index (κ1) is 8.29. The minimum Gasteiger partial charge on any atom is -0.286 e. The van der Waals surface area contributed by atoms with Crippen LogP contribution in [0.3, 0.4) is 0 Å². The van der Waals surface area contributed by atoms with Crippen molar-refractivity contribution in [3.05, 3.63) is 0 Å². The Bertz CT molecular complexity index is 83.4. The molecule has 1 atom stereocenters. The molecule has 8 heavy (non-hydrogen) atoms. The fourth-order valence-corrected chi connectivity index (χ4v) is 0.783. The fraction of sp³-hybridized carbons (Fsp3) is 0.667. The lowest BCUT2D eigenvalue weighted by atomic mass is 10.4. The van der Waals surface area contributed by atoms with Gasteiger partial charge in [0, 0.05) is 5.75 Å². The van der Waals surface area contributed by atoms with Crippen LogP contribution in [0.25, 0.3) is 0 Å². The maximum atomic E-state index is 10.3. The summed E-state index contributed by atoms with van der Waals surface area (Å²) in [7, 11) is 0. The highest BCUT2D eigenvalue weighted by Gasteiger charge is 2.08. The van der Waals surface area contributed by atoms with Crippen molar-refractivity contribution in [2.75, 3.05) is 5.75 Å². The zero-order valence-electron chi connectivity index (χ0n) is 4.16. The molecule has 0 aliphatic carbocycles. The summed E-state index contributed by atoms with van der Waals surface area (Å²) in [4.78, 5) is 10.3. The first-order valence-corrected chi connectivity index (χ1v) is 3.10. The van der Waals surface area contributed by atoms with Gasteiger partial charge in [-0.15, -0.1) is 12.6 Å². The van der Waals surface area contributed by atoms with Gasteiger partial charge >= 0.3 is 0 Å². The Morgan fingerprint density at radius 2 is 2.38 bits per heavy atom. The van der Waals surface area contributed by atoms with E-state index in [0.29, 0.717) is 5.75 Å². The van der Waals surface area contributed by atoms with Gasteiger partial charge in [-0.1, -0.05) is 0 Å². The molecule has 0 amide bonds. The summed E-state index contributed by atoms with van der Waals surface area (Å²) in [5.74, 6) is 5.29. The average Bonchev–Trinajstić information content (AvgIpc) is 1.69. The average molecular weight is 152 g/mol. The molecule has 0 saturated carbocycles. The van der Waals surface area contributed by atoms with Crippen molar-refractivity contribution in [1.29, 1.82) is 0 Å². The number of carbonyl (C=O) groups excluding carboxylic acids is 1. The summed E-state index contributed by atoms with van der Waals surface area (Å²) in [5.41, 5.74) is 2.25. The summed E-state index contributed by atoms with van der Waals surface area (Å²) < 4.78 is 0. The number of carbonyl (C=O) groups is 1. The third kappa shape index (κ3) is 2.56. The van der Waals surface area contributed by atoms with Crippen molar-refractivity contribution in [1.82, 2.24) is 5.43 Å². The van der Waals surface area contributed by atoms with Crippen LogP contribution in [-0.2, 0) is 4.79 Å². The molecule has 0 aromatic carbocycles. The molecule has 0 aromatic rings. The topological polar surface area (TPSA) is 55.1 Å². The van der Waals surface area contributed by atoms with Crippen LogP contribution >= 0.6 is 25.3 Å². The van der Waals surface area contributed by atoms with E-state index < -0.39 is 6.04 Å². The van der Waals surface area contributed by atoms with Gasteiger partial charge in [0.05, 0.1) is 6.04 Å². The summed E-state index contributed by atoms with van der Waals surface area (Å²) in [6, 6.07) is -0.429. The van der Waals surface area contributed by atoms with Crippen molar-refractivity contribution in [2.24, 2.45) is 5.84 Å². The number of nitrogens with two attached hydrogens (primary N) is 1. The maximum absolute atomic E-state index is 10.3. The van der Waals surface area contributed by atoms with Gasteiger partial charge < -0.3 is 0 Å². The SMILES string of the molecule is NN[C@@H](CS)C(=O)S. The van der Waals surface area contributed by atoms with E-state index in [4.69, 9.17) is 5.84 Å². The minimum absolute atomic E-state index is 0.289. The highest BCUT2D eigenvalue weighted by Crippen LogP contribution is 1.90. The van der Waals surface area contributed by atoms with E-state index in [1.54, 1.807) is 0 Å². The molecular weight excluding hydrogens is 144 g/mol. The molecule has 3 N–H and O–H groups in total. The Kier molecular flexibility index (Phi) is 4.35. The van der Waals surface area contributed by atoms with Crippen LogP contribution in [0, 0.1) is 0 Å². The van der Waals surface area contributed by atoms with Gasteiger partial charge in [-0.25, -0.2) is 5.43 Å². The number of hydrogen-bond donors (Lipinski definition) is 4. The number of nitrogens with one attached hydrogen (secondary N) is 1. The Morgan fingerprint density at radius 3 is 2.38 bits per heavy atom. The highest BCUT2D eigenvalue weighted by molar-refractivity contribution is 7.96. The van der Waals surface area contributed by atoms with Gasteiger partial charge in [0.2, 0.25) is 5.12 Å².